The lowest BCUT2D eigenvalue weighted by atomic mass is 9.87. The van der Waals surface area contributed by atoms with Gasteiger partial charge in [0, 0.05) is 17.2 Å². The van der Waals surface area contributed by atoms with Gasteiger partial charge in [0.1, 0.15) is 5.75 Å². The molecule has 0 spiro atoms. The van der Waals surface area contributed by atoms with E-state index in [0.717, 1.165) is 35.7 Å². The molecule has 1 aliphatic carbocycles. The van der Waals surface area contributed by atoms with Gasteiger partial charge >= 0.3 is 0 Å². The van der Waals surface area contributed by atoms with Crippen molar-refractivity contribution < 1.29 is 19.1 Å². The van der Waals surface area contributed by atoms with E-state index in [0.29, 0.717) is 17.0 Å². The van der Waals surface area contributed by atoms with Crippen LogP contribution < -0.4 is 20.9 Å². The average molecular weight is 530 g/mol. The Labute approximate surface area is 209 Å². The highest BCUT2D eigenvalue weighted by atomic mass is 79.9. The third-order valence-electron chi connectivity index (χ3n) is 5.86. The molecular weight excluding hydrogens is 498 g/mol. The Kier molecular flexibility index (Phi) is 8.72. The summed E-state index contributed by atoms with van der Waals surface area (Å²) in [6, 6.07) is 12.3. The maximum Gasteiger partial charge on any atom is 0.276 e. The second-order valence-electron chi connectivity index (χ2n) is 9.59. The minimum absolute atomic E-state index is 0.00187. The predicted octanol–water partition coefficient (Wildman–Crippen LogP) is 5.11. The summed E-state index contributed by atoms with van der Waals surface area (Å²) in [6.07, 6.45) is 5.23. The molecule has 0 atom stereocenters. The van der Waals surface area contributed by atoms with E-state index in [1.807, 2.05) is 18.2 Å². The monoisotopic (exact) mass is 529 g/mol. The Bertz CT molecular complexity index is 1030. The van der Waals surface area contributed by atoms with E-state index < -0.39 is 11.8 Å². The largest absolute Gasteiger partial charge is 0.483 e. The number of benzene rings is 2. The van der Waals surface area contributed by atoms with Crippen LogP contribution in [0.1, 0.15) is 68.8 Å². The first-order chi connectivity index (χ1) is 16.1. The Balaban J connectivity index is 1.44. The number of ether oxygens (including phenoxy) is 1. The highest BCUT2D eigenvalue weighted by Crippen LogP contribution is 2.31. The van der Waals surface area contributed by atoms with E-state index in [2.05, 4.69) is 52.9 Å². The second-order valence-corrected chi connectivity index (χ2v) is 10.4. The van der Waals surface area contributed by atoms with Gasteiger partial charge in [0.2, 0.25) is 5.91 Å². The molecule has 1 fully saturated rings. The molecule has 7 nitrogen and oxygen atoms in total. The summed E-state index contributed by atoms with van der Waals surface area (Å²) in [5.41, 5.74) is 6.87. The molecular formula is C26H32BrN3O4. The van der Waals surface area contributed by atoms with Crippen LogP contribution in [0.5, 0.6) is 5.75 Å². The minimum Gasteiger partial charge on any atom is -0.483 e. The lowest BCUT2D eigenvalue weighted by Gasteiger charge is -2.20. The molecule has 1 saturated carbocycles. The maximum atomic E-state index is 12.4. The van der Waals surface area contributed by atoms with Crippen LogP contribution >= 0.6 is 15.9 Å². The van der Waals surface area contributed by atoms with E-state index in [4.69, 9.17) is 4.74 Å². The fourth-order valence-electron chi connectivity index (χ4n) is 3.78. The standard InChI is InChI=1S/C26H32BrN3O4/c1-26(2,3)19-11-14-22(21(27)15-19)34-16-23(31)29-30-25(33)18-9-12-20(13-10-18)28-24(32)17-7-5-4-6-8-17/h9-15,17H,4-8,16H2,1-3H3,(H,28,32)(H,29,31)(H,30,33). The molecule has 8 heteroatoms. The molecule has 0 radical (unpaired) electrons. The van der Waals surface area contributed by atoms with Gasteiger partial charge in [0.25, 0.3) is 11.8 Å². The quantitative estimate of drug-likeness (QED) is 0.453. The molecule has 2 aromatic rings. The number of amides is 3. The van der Waals surface area contributed by atoms with Crippen LogP contribution in [0.25, 0.3) is 0 Å². The summed E-state index contributed by atoms with van der Waals surface area (Å²) in [5.74, 6) is -0.318. The zero-order chi connectivity index (χ0) is 24.7. The van der Waals surface area contributed by atoms with E-state index >= 15 is 0 Å². The first-order valence-electron chi connectivity index (χ1n) is 11.6. The highest BCUT2D eigenvalue weighted by molar-refractivity contribution is 9.10. The number of carbonyl (C=O) groups is 3. The molecule has 0 unspecified atom stereocenters. The van der Waals surface area contributed by atoms with Gasteiger partial charge in [-0.3, -0.25) is 25.2 Å². The molecule has 3 N–H and O–H groups in total. The van der Waals surface area contributed by atoms with Crippen LogP contribution in [-0.2, 0) is 15.0 Å². The number of hydrogen-bond acceptors (Lipinski definition) is 4. The Hall–Kier alpha value is -2.87. The van der Waals surface area contributed by atoms with Crippen molar-refractivity contribution in [3.63, 3.8) is 0 Å². The van der Waals surface area contributed by atoms with Crippen molar-refractivity contribution in [2.45, 2.75) is 58.3 Å². The Morgan fingerprint density at radius 2 is 1.65 bits per heavy atom. The first-order valence-corrected chi connectivity index (χ1v) is 12.4. The van der Waals surface area contributed by atoms with Crippen LogP contribution in [0.3, 0.4) is 0 Å². The topological polar surface area (TPSA) is 96.5 Å². The van der Waals surface area contributed by atoms with Crippen LogP contribution in [0.15, 0.2) is 46.9 Å². The minimum atomic E-state index is -0.489. The summed E-state index contributed by atoms with van der Waals surface area (Å²) >= 11 is 3.47. The zero-order valence-electron chi connectivity index (χ0n) is 19.9. The van der Waals surface area contributed by atoms with Crippen molar-refractivity contribution in [2.24, 2.45) is 5.92 Å². The van der Waals surface area contributed by atoms with Gasteiger partial charge in [0.05, 0.1) is 4.47 Å². The van der Waals surface area contributed by atoms with Gasteiger partial charge in [-0.1, -0.05) is 46.1 Å². The van der Waals surface area contributed by atoms with Gasteiger partial charge in [-0.25, -0.2) is 0 Å². The number of nitrogens with one attached hydrogen (secondary N) is 3. The number of hydrazine groups is 1. The Morgan fingerprint density at radius 3 is 2.26 bits per heavy atom. The third kappa shape index (κ3) is 7.32. The molecule has 3 rings (SSSR count). The molecule has 182 valence electrons. The summed E-state index contributed by atoms with van der Waals surface area (Å²) in [6.45, 7) is 6.10. The zero-order valence-corrected chi connectivity index (χ0v) is 21.5. The third-order valence-corrected chi connectivity index (χ3v) is 6.48. The van der Waals surface area contributed by atoms with Crippen molar-refractivity contribution in [1.29, 1.82) is 0 Å². The fraction of sp³-hybridized carbons (Fsp3) is 0.423. The lowest BCUT2D eigenvalue weighted by Crippen LogP contribution is -2.43. The number of rotatable bonds is 6. The van der Waals surface area contributed by atoms with Crippen molar-refractivity contribution in [2.75, 3.05) is 11.9 Å². The molecule has 0 aromatic heterocycles. The lowest BCUT2D eigenvalue weighted by molar-refractivity contribution is -0.124. The van der Waals surface area contributed by atoms with Crippen LogP contribution in [0, 0.1) is 5.92 Å². The number of halogens is 1. The molecule has 0 saturated heterocycles. The maximum absolute atomic E-state index is 12.4. The molecule has 0 aliphatic heterocycles. The predicted molar refractivity (Wildman–Crippen MR) is 136 cm³/mol. The number of anilines is 1. The van der Waals surface area contributed by atoms with Gasteiger partial charge < -0.3 is 10.1 Å². The van der Waals surface area contributed by atoms with Crippen LogP contribution in [-0.4, -0.2) is 24.3 Å². The first kappa shape index (κ1) is 25.7. The fourth-order valence-corrected chi connectivity index (χ4v) is 4.27. The van der Waals surface area contributed by atoms with E-state index in [1.165, 1.54) is 6.42 Å². The van der Waals surface area contributed by atoms with Crippen molar-refractivity contribution >= 4 is 39.3 Å². The van der Waals surface area contributed by atoms with E-state index in [-0.39, 0.29) is 23.8 Å². The highest BCUT2D eigenvalue weighted by Gasteiger charge is 2.21. The summed E-state index contributed by atoms with van der Waals surface area (Å²) in [7, 11) is 0. The molecule has 0 heterocycles. The van der Waals surface area contributed by atoms with Crippen LogP contribution in [0.2, 0.25) is 0 Å². The molecule has 34 heavy (non-hydrogen) atoms. The van der Waals surface area contributed by atoms with Crippen molar-refractivity contribution in [1.82, 2.24) is 10.9 Å². The smallest absolute Gasteiger partial charge is 0.276 e. The SMILES string of the molecule is CC(C)(C)c1ccc(OCC(=O)NNC(=O)c2ccc(NC(=O)C3CCCCC3)cc2)c(Br)c1. The molecule has 3 amide bonds. The molecule has 1 aliphatic rings. The van der Waals surface area contributed by atoms with Gasteiger partial charge in [-0.05, 0) is 76.1 Å². The summed E-state index contributed by atoms with van der Waals surface area (Å²) < 4.78 is 6.31. The number of hydrogen-bond donors (Lipinski definition) is 3. The second kappa shape index (κ2) is 11.5. The normalized spacial score (nSPS) is 14.2. The van der Waals surface area contributed by atoms with Crippen LogP contribution in [0.4, 0.5) is 5.69 Å². The molecule has 0 bridgehead atoms. The average Bonchev–Trinajstić information content (AvgIpc) is 2.82. The van der Waals surface area contributed by atoms with Gasteiger partial charge in [-0.2, -0.15) is 0 Å². The Morgan fingerprint density at radius 1 is 0.971 bits per heavy atom. The van der Waals surface area contributed by atoms with E-state index in [9.17, 15) is 14.4 Å². The van der Waals surface area contributed by atoms with Crippen molar-refractivity contribution in [3.05, 3.63) is 58.1 Å². The summed E-state index contributed by atoms with van der Waals surface area (Å²) in [5, 5.41) is 2.92. The van der Waals surface area contributed by atoms with Gasteiger partial charge in [-0.15, -0.1) is 0 Å². The van der Waals surface area contributed by atoms with E-state index in [1.54, 1.807) is 24.3 Å². The van der Waals surface area contributed by atoms with Gasteiger partial charge in [0.15, 0.2) is 6.61 Å². The summed E-state index contributed by atoms with van der Waals surface area (Å²) in [4.78, 5) is 36.8. The van der Waals surface area contributed by atoms with Crippen molar-refractivity contribution in [3.8, 4) is 5.75 Å². The molecule has 2 aromatic carbocycles. The number of carbonyl (C=O) groups excluding carboxylic acids is 3.